The van der Waals surface area contributed by atoms with Crippen molar-refractivity contribution in [3.8, 4) is 0 Å². The van der Waals surface area contributed by atoms with Gasteiger partial charge >= 0.3 is 0 Å². The molecule has 0 amide bonds. The van der Waals surface area contributed by atoms with E-state index in [1.54, 1.807) is 18.3 Å². The van der Waals surface area contributed by atoms with Gasteiger partial charge in [0.1, 0.15) is 11.6 Å². The summed E-state index contributed by atoms with van der Waals surface area (Å²) in [6, 6.07) is 9.84. The van der Waals surface area contributed by atoms with Crippen molar-refractivity contribution in [2.45, 2.75) is 6.54 Å². The molecule has 0 aliphatic rings. The van der Waals surface area contributed by atoms with Gasteiger partial charge in [0.2, 0.25) is 0 Å². The number of nitrogens with zero attached hydrogens (tertiary/aromatic N) is 1. The lowest BCUT2D eigenvalue weighted by atomic mass is 10.2. The molecule has 4 heteroatoms. The summed E-state index contributed by atoms with van der Waals surface area (Å²) in [6.45, 7) is 0.414. The zero-order valence-electron chi connectivity index (χ0n) is 8.65. The van der Waals surface area contributed by atoms with Crippen molar-refractivity contribution < 1.29 is 4.39 Å². The van der Waals surface area contributed by atoms with Crippen LogP contribution in [0.1, 0.15) is 5.56 Å². The molecule has 0 fully saturated rings. The summed E-state index contributed by atoms with van der Waals surface area (Å²) < 4.78 is 12.7. The number of benzene rings is 1. The maximum absolute atomic E-state index is 12.7. The number of hydrogen-bond acceptors (Lipinski definition) is 3. The van der Waals surface area contributed by atoms with E-state index in [0.717, 1.165) is 11.3 Å². The molecular formula is C12H12FN3. The number of hydrogen-bond donors (Lipinski definition) is 2. The molecule has 3 N–H and O–H groups in total. The molecule has 3 nitrogen and oxygen atoms in total. The lowest BCUT2D eigenvalue weighted by Crippen LogP contribution is -2.03. The van der Waals surface area contributed by atoms with Gasteiger partial charge in [0.15, 0.2) is 0 Å². The molecule has 0 aliphatic carbocycles. The number of pyridine rings is 1. The van der Waals surface area contributed by atoms with E-state index < -0.39 is 0 Å². The Labute approximate surface area is 93.1 Å². The van der Waals surface area contributed by atoms with Crippen LogP contribution in [0.4, 0.5) is 15.9 Å². The Bertz CT molecular complexity index is 468. The van der Waals surface area contributed by atoms with E-state index in [0.29, 0.717) is 12.4 Å². The zero-order valence-corrected chi connectivity index (χ0v) is 8.65. The van der Waals surface area contributed by atoms with Crippen LogP contribution in [0, 0.1) is 5.82 Å². The first-order chi connectivity index (χ1) is 7.79. The van der Waals surface area contributed by atoms with Crippen molar-refractivity contribution >= 4 is 11.5 Å². The van der Waals surface area contributed by atoms with Gasteiger partial charge in [0.25, 0.3) is 0 Å². The van der Waals surface area contributed by atoms with Crippen LogP contribution in [0.25, 0.3) is 0 Å². The second-order valence-electron chi connectivity index (χ2n) is 3.35. The Morgan fingerprint density at radius 1 is 1.19 bits per heavy atom. The van der Waals surface area contributed by atoms with E-state index in [1.165, 1.54) is 12.1 Å². The predicted octanol–water partition coefficient (Wildman–Crippen LogP) is 2.42. The normalized spacial score (nSPS) is 10.1. The highest BCUT2D eigenvalue weighted by Crippen LogP contribution is 2.17. The first-order valence-electron chi connectivity index (χ1n) is 4.96. The molecule has 1 aromatic heterocycles. The average Bonchev–Trinajstić information content (AvgIpc) is 2.33. The molecule has 0 spiro atoms. The standard InChI is InChI=1S/C12H12FN3/c13-10-3-5-11(6-4-10)16-12-9(8-14)2-1-7-15-12/h1-7H,8,14H2,(H,15,16). The summed E-state index contributed by atoms with van der Waals surface area (Å²) >= 11 is 0. The summed E-state index contributed by atoms with van der Waals surface area (Å²) in [5, 5.41) is 3.09. The van der Waals surface area contributed by atoms with E-state index in [1.807, 2.05) is 12.1 Å². The average molecular weight is 217 g/mol. The van der Waals surface area contributed by atoms with Gasteiger partial charge in [-0.05, 0) is 30.3 Å². The summed E-state index contributed by atoms with van der Waals surface area (Å²) in [5.41, 5.74) is 7.30. The highest BCUT2D eigenvalue weighted by molar-refractivity contribution is 5.58. The van der Waals surface area contributed by atoms with E-state index in [-0.39, 0.29) is 5.82 Å². The smallest absolute Gasteiger partial charge is 0.134 e. The number of nitrogens with two attached hydrogens (primary N) is 1. The quantitative estimate of drug-likeness (QED) is 0.830. The number of anilines is 2. The maximum atomic E-state index is 12.7. The predicted molar refractivity (Wildman–Crippen MR) is 61.8 cm³/mol. The molecule has 1 aromatic carbocycles. The number of nitrogens with one attached hydrogen (secondary N) is 1. The Hall–Kier alpha value is -1.94. The fourth-order valence-electron chi connectivity index (χ4n) is 1.39. The van der Waals surface area contributed by atoms with Crippen LogP contribution in [-0.4, -0.2) is 4.98 Å². The molecule has 2 rings (SSSR count). The minimum atomic E-state index is -0.259. The van der Waals surface area contributed by atoms with Crippen molar-refractivity contribution in [2.75, 3.05) is 5.32 Å². The molecule has 0 saturated carbocycles. The molecule has 0 bridgehead atoms. The van der Waals surface area contributed by atoms with Crippen LogP contribution in [0.3, 0.4) is 0 Å². The van der Waals surface area contributed by atoms with Gasteiger partial charge in [0, 0.05) is 24.0 Å². The number of rotatable bonds is 3. The van der Waals surface area contributed by atoms with Crippen LogP contribution in [0.2, 0.25) is 0 Å². The van der Waals surface area contributed by atoms with Crippen molar-refractivity contribution in [2.24, 2.45) is 5.73 Å². The molecule has 0 aliphatic heterocycles. The maximum Gasteiger partial charge on any atom is 0.134 e. The molecular weight excluding hydrogens is 205 g/mol. The molecule has 0 radical (unpaired) electrons. The SMILES string of the molecule is NCc1cccnc1Nc1ccc(F)cc1. The third kappa shape index (κ3) is 2.35. The first kappa shape index (κ1) is 10.6. The first-order valence-corrected chi connectivity index (χ1v) is 4.96. The van der Waals surface area contributed by atoms with Crippen molar-refractivity contribution in [1.82, 2.24) is 4.98 Å². The highest BCUT2D eigenvalue weighted by Gasteiger charge is 2.01. The van der Waals surface area contributed by atoms with Crippen LogP contribution in [0.15, 0.2) is 42.6 Å². The van der Waals surface area contributed by atoms with Crippen molar-refractivity contribution in [3.05, 3.63) is 54.0 Å². The van der Waals surface area contributed by atoms with E-state index >= 15 is 0 Å². The second-order valence-corrected chi connectivity index (χ2v) is 3.35. The van der Waals surface area contributed by atoms with Gasteiger partial charge in [-0.1, -0.05) is 6.07 Å². The van der Waals surface area contributed by atoms with Crippen LogP contribution in [-0.2, 0) is 6.54 Å². The molecule has 1 heterocycles. The fraction of sp³-hybridized carbons (Fsp3) is 0.0833. The number of aromatic nitrogens is 1. The molecule has 2 aromatic rings. The third-order valence-electron chi connectivity index (χ3n) is 2.22. The molecule has 82 valence electrons. The van der Waals surface area contributed by atoms with Crippen LogP contribution >= 0.6 is 0 Å². The summed E-state index contributed by atoms with van der Waals surface area (Å²) in [4.78, 5) is 4.18. The minimum Gasteiger partial charge on any atom is -0.340 e. The van der Waals surface area contributed by atoms with Crippen molar-refractivity contribution in [1.29, 1.82) is 0 Å². The minimum absolute atomic E-state index is 0.259. The lowest BCUT2D eigenvalue weighted by molar-refractivity contribution is 0.628. The van der Waals surface area contributed by atoms with E-state index in [9.17, 15) is 4.39 Å². The molecule has 16 heavy (non-hydrogen) atoms. The van der Waals surface area contributed by atoms with E-state index in [2.05, 4.69) is 10.3 Å². The Balaban J connectivity index is 2.23. The second kappa shape index (κ2) is 4.72. The van der Waals surface area contributed by atoms with Crippen LogP contribution in [0.5, 0.6) is 0 Å². The van der Waals surface area contributed by atoms with Gasteiger partial charge in [-0.15, -0.1) is 0 Å². The molecule has 0 atom stereocenters. The monoisotopic (exact) mass is 217 g/mol. The third-order valence-corrected chi connectivity index (χ3v) is 2.22. The fourth-order valence-corrected chi connectivity index (χ4v) is 1.39. The van der Waals surface area contributed by atoms with Gasteiger partial charge in [-0.2, -0.15) is 0 Å². The van der Waals surface area contributed by atoms with E-state index in [4.69, 9.17) is 5.73 Å². The topological polar surface area (TPSA) is 50.9 Å². The van der Waals surface area contributed by atoms with Crippen LogP contribution < -0.4 is 11.1 Å². The van der Waals surface area contributed by atoms with Crippen molar-refractivity contribution in [3.63, 3.8) is 0 Å². The van der Waals surface area contributed by atoms with Gasteiger partial charge < -0.3 is 11.1 Å². The van der Waals surface area contributed by atoms with Gasteiger partial charge in [0.05, 0.1) is 0 Å². The Morgan fingerprint density at radius 3 is 2.62 bits per heavy atom. The summed E-state index contributed by atoms with van der Waals surface area (Å²) in [6.07, 6.45) is 1.69. The molecule has 0 saturated heterocycles. The Morgan fingerprint density at radius 2 is 1.94 bits per heavy atom. The lowest BCUT2D eigenvalue weighted by Gasteiger charge is -2.09. The molecule has 0 unspecified atom stereocenters. The van der Waals surface area contributed by atoms with Gasteiger partial charge in [-0.25, -0.2) is 9.37 Å². The summed E-state index contributed by atoms with van der Waals surface area (Å²) in [7, 11) is 0. The highest BCUT2D eigenvalue weighted by atomic mass is 19.1. The Kier molecular flexibility index (Phi) is 3.12. The summed E-state index contributed by atoms with van der Waals surface area (Å²) in [5.74, 6) is 0.447. The largest absolute Gasteiger partial charge is 0.340 e. The van der Waals surface area contributed by atoms with Gasteiger partial charge in [-0.3, -0.25) is 0 Å². The number of halogens is 1. The zero-order chi connectivity index (χ0) is 11.4.